The molecule has 0 fully saturated rings. The second kappa shape index (κ2) is 7.25. The van der Waals surface area contributed by atoms with Gasteiger partial charge in [-0.1, -0.05) is 30.7 Å². The zero-order chi connectivity index (χ0) is 14.5. The Bertz CT molecular complexity index is 376. The third-order valence-corrected chi connectivity index (χ3v) is 3.32. The largest absolute Gasteiger partial charge is 0.388 e. The molecule has 0 spiro atoms. The van der Waals surface area contributed by atoms with E-state index < -0.39 is 5.60 Å². The molecule has 1 aromatic carbocycles. The fourth-order valence-electron chi connectivity index (χ4n) is 2.27. The topological polar surface area (TPSA) is 35.5 Å². The van der Waals surface area contributed by atoms with E-state index in [-0.39, 0.29) is 6.04 Å². The van der Waals surface area contributed by atoms with Crippen molar-refractivity contribution >= 4 is 11.6 Å². The first-order chi connectivity index (χ1) is 8.84. The predicted molar refractivity (Wildman–Crippen MR) is 81.7 cm³/mol. The van der Waals surface area contributed by atoms with Crippen LogP contribution in [0.4, 0.5) is 0 Å². The maximum absolute atomic E-state index is 10.3. The summed E-state index contributed by atoms with van der Waals surface area (Å²) in [5, 5.41) is 14.5. The molecule has 2 N–H and O–H groups in total. The Balaban J connectivity index is 2.60. The molecule has 0 saturated heterocycles. The molecule has 108 valence electrons. The monoisotopic (exact) mass is 284 g/mol. The van der Waals surface area contributed by atoms with E-state index in [4.69, 9.17) is 11.6 Å². The summed E-state index contributed by atoms with van der Waals surface area (Å²) in [6.07, 6.45) is 0.972. The van der Waals surface area contributed by atoms with Crippen LogP contribution in [0.3, 0.4) is 0 Å². The van der Waals surface area contributed by atoms with Crippen molar-refractivity contribution in [3.63, 3.8) is 0 Å². The number of halogens is 1. The van der Waals surface area contributed by atoms with Crippen LogP contribution in [0.2, 0.25) is 5.02 Å². The van der Waals surface area contributed by atoms with E-state index in [1.807, 2.05) is 50.2 Å². The van der Waals surface area contributed by atoms with Crippen LogP contribution in [0.1, 0.15) is 31.9 Å². The Kier molecular flexibility index (Phi) is 6.27. The minimum absolute atomic E-state index is 0.242. The molecule has 0 heterocycles. The van der Waals surface area contributed by atoms with Crippen LogP contribution < -0.4 is 5.32 Å². The molecule has 0 bridgehead atoms. The molecule has 0 radical (unpaired) electrons. The van der Waals surface area contributed by atoms with Gasteiger partial charge < -0.3 is 15.3 Å². The minimum atomic E-state index is -0.733. The molecular weight excluding hydrogens is 260 g/mol. The smallest absolute Gasteiger partial charge is 0.0869 e. The molecule has 0 aliphatic heterocycles. The number of hydrogen-bond acceptors (Lipinski definition) is 3. The normalized spacial score (nSPS) is 16.4. The summed E-state index contributed by atoms with van der Waals surface area (Å²) in [4.78, 5) is 1.99. The number of rotatable bonds is 7. The molecule has 19 heavy (non-hydrogen) atoms. The van der Waals surface area contributed by atoms with Crippen molar-refractivity contribution in [1.29, 1.82) is 0 Å². The highest BCUT2D eigenvalue weighted by atomic mass is 35.5. The summed E-state index contributed by atoms with van der Waals surface area (Å²) in [6.45, 7) is 5.19. The molecule has 4 heteroatoms. The lowest BCUT2D eigenvalue weighted by atomic mass is 10.0. The Morgan fingerprint density at radius 3 is 2.37 bits per heavy atom. The van der Waals surface area contributed by atoms with Gasteiger partial charge in [0.2, 0.25) is 0 Å². The second-order valence-corrected chi connectivity index (χ2v) is 6.06. The number of aliphatic hydroxyl groups is 1. The number of likely N-dealkylation sites (N-methyl/N-ethyl adjacent to an activating group) is 1. The van der Waals surface area contributed by atoms with E-state index in [9.17, 15) is 5.11 Å². The van der Waals surface area contributed by atoms with Crippen molar-refractivity contribution < 1.29 is 5.11 Å². The Morgan fingerprint density at radius 2 is 1.89 bits per heavy atom. The Labute approximate surface area is 121 Å². The third-order valence-electron chi connectivity index (χ3n) is 3.07. The van der Waals surface area contributed by atoms with Gasteiger partial charge in [0.15, 0.2) is 0 Å². The summed E-state index contributed by atoms with van der Waals surface area (Å²) >= 11 is 5.90. The SMILES string of the molecule is CCC(NCC(C)(O)CN(C)C)c1ccc(Cl)cc1. The molecule has 1 rings (SSSR count). The van der Waals surface area contributed by atoms with Crippen LogP contribution in [-0.2, 0) is 0 Å². The highest BCUT2D eigenvalue weighted by Crippen LogP contribution is 2.19. The van der Waals surface area contributed by atoms with E-state index >= 15 is 0 Å². The van der Waals surface area contributed by atoms with Crippen molar-refractivity contribution in [3.8, 4) is 0 Å². The van der Waals surface area contributed by atoms with Crippen molar-refractivity contribution in [2.45, 2.75) is 31.9 Å². The highest BCUT2D eigenvalue weighted by Gasteiger charge is 2.22. The summed E-state index contributed by atoms with van der Waals surface area (Å²) in [7, 11) is 3.93. The van der Waals surface area contributed by atoms with E-state index in [0.29, 0.717) is 13.1 Å². The maximum atomic E-state index is 10.3. The maximum Gasteiger partial charge on any atom is 0.0869 e. The molecular formula is C15H25ClN2O. The molecule has 0 amide bonds. The van der Waals surface area contributed by atoms with Gasteiger partial charge in [0.05, 0.1) is 5.60 Å². The first-order valence-electron chi connectivity index (χ1n) is 6.70. The van der Waals surface area contributed by atoms with Crippen LogP contribution in [0.5, 0.6) is 0 Å². The van der Waals surface area contributed by atoms with Crippen LogP contribution in [0, 0.1) is 0 Å². The lowest BCUT2D eigenvalue weighted by molar-refractivity contribution is 0.0311. The van der Waals surface area contributed by atoms with Crippen molar-refractivity contribution in [2.24, 2.45) is 0 Å². The molecule has 2 atom stereocenters. The molecule has 3 nitrogen and oxygen atoms in total. The fraction of sp³-hybridized carbons (Fsp3) is 0.600. The molecule has 0 aromatic heterocycles. The molecule has 2 unspecified atom stereocenters. The molecule has 0 aliphatic carbocycles. The number of hydrogen-bond donors (Lipinski definition) is 2. The number of nitrogens with one attached hydrogen (secondary N) is 1. The quantitative estimate of drug-likeness (QED) is 0.808. The first kappa shape index (κ1) is 16.4. The van der Waals surface area contributed by atoms with Gasteiger partial charge in [-0.3, -0.25) is 0 Å². The Morgan fingerprint density at radius 1 is 1.32 bits per heavy atom. The summed E-state index contributed by atoms with van der Waals surface area (Å²) in [5.74, 6) is 0. The highest BCUT2D eigenvalue weighted by molar-refractivity contribution is 6.30. The summed E-state index contributed by atoms with van der Waals surface area (Å²) in [5.41, 5.74) is 0.469. The van der Waals surface area contributed by atoms with E-state index in [1.54, 1.807) is 0 Å². The van der Waals surface area contributed by atoms with Crippen molar-refractivity contribution in [3.05, 3.63) is 34.9 Å². The zero-order valence-corrected chi connectivity index (χ0v) is 13.0. The van der Waals surface area contributed by atoms with Crippen LogP contribution >= 0.6 is 11.6 Å². The van der Waals surface area contributed by atoms with Crippen molar-refractivity contribution in [1.82, 2.24) is 10.2 Å². The van der Waals surface area contributed by atoms with Gasteiger partial charge in [-0.2, -0.15) is 0 Å². The minimum Gasteiger partial charge on any atom is -0.388 e. The lowest BCUT2D eigenvalue weighted by Gasteiger charge is -2.29. The van der Waals surface area contributed by atoms with E-state index in [0.717, 1.165) is 11.4 Å². The van der Waals surface area contributed by atoms with Gasteiger partial charge in [0, 0.05) is 24.2 Å². The van der Waals surface area contributed by atoms with Crippen LogP contribution in [-0.4, -0.2) is 42.8 Å². The zero-order valence-electron chi connectivity index (χ0n) is 12.3. The molecule has 0 aliphatic rings. The first-order valence-corrected chi connectivity index (χ1v) is 7.08. The lowest BCUT2D eigenvalue weighted by Crippen LogP contribution is -2.46. The fourth-order valence-corrected chi connectivity index (χ4v) is 2.40. The second-order valence-electron chi connectivity index (χ2n) is 5.63. The molecule has 0 saturated carbocycles. The van der Waals surface area contributed by atoms with Gasteiger partial charge in [-0.05, 0) is 45.1 Å². The number of benzene rings is 1. The predicted octanol–water partition coefficient (Wildman–Crippen LogP) is 2.69. The van der Waals surface area contributed by atoms with Crippen molar-refractivity contribution in [2.75, 3.05) is 27.2 Å². The van der Waals surface area contributed by atoms with Gasteiger partial charge in [-0.15, -0.1) is 0 Å². The van der Waals surface area contributed by atoms with Gasteiger partial charge in [0.1, 0.15) is 0 Å². The summed E-state index contributed by atoms with van der Waals surface area (Å²) in [6, 6.07) is 8.11. The average Bonchev–Trinajstić information content (AvgIpc) is 2.30. The molecule has 1 aromatic rings. The standard InChI is InChI=1S/C15H25ClN2O/c1-5-14(12-6-8-13(16)9-7-12)17-10-15(2,19)11-18(3)4/h6-9,14,17,19H,5,10-11H2,1-4H3. The van der Waals surface area contributed by atoms with Gasteiger partial charge >= 0.3 is 0 Å². The average molecular weight is 285 g/mol. The Hall–Kier alpha value is -0.610. The third kappa shape index (κ3) is 5.91. The van der Waals surface area contributed by atoms with Gasteiger partial charge in [-0.25, -0.2) is 0 Å². The van der Waals surface area contributed by atoms with Gasteiger partial charge in [0.25, 0.3) is 0 Å². The number of nitrogens with zero attached hydrogens (tertiary/aromatic N) is 1. The van der Waals surface area contributed by atoms with E-state index in [2.05, 4.69) is 12.2 Å². The van der Waals surface area contributed by atoms with Crippen LogP contribution in [0.25, 0.3) is 0 Å². The summed E-state index contributed by atoms with van der Waals surface area (Å²) < 4.78 is 0. The van der Waals surface area contributed by atoms with Crippen LogP contribution in [0.15, 0.2) is 24.3 Å². The van der Waals surface area contributed by atoms with E-state index in [1.165, 1.54) is 5.56 Å².